The second kappa shape index (κ2) is 27.5. The molecule has 0 N–H and O–H groups in total. The maximum absolute atomic E-state index is 11.8. The molecule has 1 aromatic rings. The van der Waals surface area contributed by atoms with Crippen molar-refractivity contribution < 1.29 is 56.0 Å². The minimum absolute atomic E-state index is 0.000948. The Balaban J connectivity index is 1.40. The highest BCUT2D eigenvalue weighted by Gasteiger charge is 2.65. The molecular formula is C62H106O12Si2. The second-order valence-corrected chi connectivity index (χ2v) is 36.2. The lowest BCUT2D eigenvalue weighted by Crippen LogP contribution is -2.68. The summed E-state index contributed by atoms with van der Waals surface area (Å²) in [5, 5.41) is -0.388. The molecule has 1 unspecified atom stereocenters. The third-order valence-corrected chi connectivity index (χ3v) is 27.5. The molecule has 5 rings (SSSR count). The molecule has 0 saturated carbocycles. The maximum Gasteiger partial charge on any atom is 0.349 e. The van der Waals surface area contributed by atoms with Crippen LogP contribution in [0.3, 0.4) is 0 Å². The standard InChI is InChI=1S/C62H106O12Si2/c1-40(26-34-56(63)67-19)25-30-51(72-75(20,21)60(7,8)9)36-48-23-22-24-49(69-48)38-53(66-18)43(4)54-39-55(71-59(70-54)46-28-32-47(64-16)33-29-46)44(5)58-45(6)57(73-76(74-58,61(10,11)12)62(13,14)15)41(2)27-31-50-37-52(65-17)35-42(3)68-50/h22-23,25-26,28-29,32-34,41-45,48-55,57-59H,24,27,30-31,35-39H2,1-21H3/b34-26+,40-25+/t41-,42-,43+,44-,45-,48-,49-,50-,51-,52+,53-,54-,55+,57-,58-,59?/m0/s1. The quantitative estimate of drug-likeness (QED) is 0.0362. The number of hydrogen-bond donors (Lipinski definition) is 0. The first-order chi connectivity index (χ1) is 35.5. The van der Waals surface area contributed by atoms with Crippen LogP contribution < -0.4 is 4.74 Å². The number of hydrogen-bond acceptors (Lipinski definition) is 12. The molecule has 4 aliphatic rings. The zero-order valence-electron chi connectivity index (χ0n) is 51.2. The first-order valence-corrected chi connectivity index (χ1v) is 33.6. The van der Waals surface area contributed by atoms with Crippen LogP contribution in [0.25, 0.3) is 0 Å². The van der Waals surface area contributed by atoms with Crippen molar-refractivity contribution in [2.75, 3.05) is 28.4 Å². The lowest BCUT2D eigenvalue weighted by atomic mass is 9.78. The molecule has 4 heterocycles. The SMILES string of the molecule is COC(=O)/C=C/C(C)=C/C[C@@H](C[C@@H]1C=CC[C@@H](C[C@H](OC)[C@@H](C)[C@@H]2C[C@H]([C@H](C)[C@@H]3O[Si](C(C)(C)C)(C(C)(C)C)O[C@@H]([C@@H](C)CC[C@H]4C[C@H](OC)C[C@H](C)O4)[C@@H]3C)OC(c3ccc(OC)cc3)O2)O1)O[Si](C)(C)C(C)(C)C. The number of carbonyl (C=O) groups is 1. The predicted octanol–water partition coefficient (Wildman–Crippen LogP) is 14.6. The van der Waals surface area contributed by atoms with Gasteiger partial charge in [-0.3, -0.25) is 0 Å². The van der Waals surface area contributed by atoms with E-state index < -0.39 is 23.2 Å². The van der Waals surface area contributed by atoms with Crippen LogP contribution in [0.5, 0.6) is 5.75 Å². The van der Waals surface area contributed by atoms with Gasteiger partial charge in [-0.05, 0) is 88.6 Å². The molecular weight excluding hydrogens is 993 g/mol. The van der Waals surface area contributed by atoms with Gasteiger partial charge in [0, 0.05) is 73.0 Å². The molecule has 12 nitrogen and oxygen atoms in total. The van der Waals surface area contributed by atoms with E-state index in [-0.39, 0.29) is 112 Å². The monoisotopic (exact) mass is 1100 g/mol. The van der Waals surface area contributed by atoms with Crippen LogP contribution in [0.4, 0.5) is 0 Å². The zero-order valence-corrected chi connectivity index (χ0v) is 53.2. The van der Waals surface area contributed by atoms with Gasteiger partial charge in [-0.25, -0.2) is 4.79 Å². The fourth-order valence-corrected chi connectivity index (χ4v) is 19.0. The van der Waals surface area contributed by atoms with Crippen molar-refractivity contribution in [2.24, 2.45) is 23.7 Å². The largest absolute Gasteiger partial charge is 0.497 e. The number of ether oxygens (including phenoxy) is 8. The summed E-state index contributed by atoms with van der Waals surface area (Å²) < 4.78 is 73.0. The number of esters is 1. The molecule has 14 heteroatoms. The number of methoxy groups -OCH3 is 4. The molecule has 0 amide bonds. The van der Waals surface area contributed by atoms with Crippen LogP contribution in [0.1, 0.15) is 173 Å². The molecule has 0 aliphatic carbocycles. The van der Waals surface area contributed by atoms with Gasteiger partial charge in [-0.15, -0.1) is 0 Å². The van der Waals surface area contributed by atoms with E-state index in [1.165, 1.54) is 13.2 Å². The second-order valence-electron chi connectivity index (χ2n) is 26.7. The number of allylic oxidation sites excluding steroid dienone is 2. The van der Waals surface area contributed by atoms with Crippen molar-refractivity contribution in [3.8, 4) is 5.75 Å². The molecule has 0 aromatic heterocycles. The van der Waals surface area contributed by atoms with E-state index in [0.29, 0.717) is 25.7 Å². The summed E-state index contributed by atoms with van der Waals surface area (Å²) in [6.45, 7) is 38.9. The van der Waals surface area contributed by atoms with Gasteiger partial charge in [0.1, 0.15) is 5.75 Å². The van der Waals surface area contributed by atoms with E-state index >= 15 is 0 Å². The van der Waals surface area contributed by atoms with E-state index in [2.05, 4.69) is 140 Å². The van der Waals surface area contributed by atoms with Crippen LogP contribution in [0, 0.1) is 23.7 Å². The molecule has 434 valence electrons. The first-order valence-electron chi connectivity index (χ1n) is 28.9. The van der Waals surface area contributed by atoms with Crippen LogP contribution in [-0.2, 0) is 51.2 Å². The van der Waals surface area contributed by atoms with E-state index in [1.807, 2.05) is 33.3 Å². The van der Waals surface area contributed by atoms with Gasteiger partial charge >= 0.3 is 14.5 Å². The van der Waals surface area contributed by atoms with E-state index in [0.717, 1.165) is 49.0 Å². The van der Waals surface area contributed by atoms with Crippen molar-refractivity contribution >= 4 is 22.8 Å². The van der Waals surface area contributed by atoms with Gasteiger partial charge in [-0.2, -0.15) is 0 Å². The van der Waals surface area contributed by atoms with Gasteiger partial charge in [0.15, 0.2) is 14.6 Å². The Labute approximate surface area is 463 Å². The smallest absolute Gasteiger partial charge is 0.349 e. The summed E-state index contributed by atoms with van der Waals surface area (Å²) in [6.07, 6.45) is 16.4. The fourth-order valence-electron chi connectivity index (χ4n) is 12.3. The van der Waals surface area contributed by atoms with Crippen molar-refractivity contribution in [1.29, 1.82) is 0 Å². The van der Waals surface area contributed by atoms with Crippen LogP contribution >= 0.6 is 0 Å². The zero-order chi connectivity index (χ0) is 56.6. The predicted molar refractivity (Wildman–Crippen MR) is 309 cm³/mol. The molecule has 1 aromatic carbocycles. The van der Waals surface area contributed by atoms with Crippen LogP contribution in [0.15, 0.2) is 60.2 Å². The molecule has 0 bridgehead atoms. The molecule has 0 spiro atoms. The van der Waals surface area contributed by atoms with Gasteiger partial charge in [-0.1, -0.05) is 132 Å². The Morgan fingerprint density at radius 1 is 0.803 bits per heavy atom. The van der Waals surface area contributed by atoms with Crippen LogP contribution in [-0.4, -0.2) is 118 Å². The Kier molecular flexibility index (Phi) is 23.4. The van der Waals surface area contributed by atoms with Gasteiger partial charge in [0.25, 0.3) is 0 Å². The van der Waals surface area contributed by atoms with Crippen molar-refractivity contribution in [1.82, 2.24) is 0 Å². The Morgan fingerprint density at radius 2 is 1.45 bits per heavy atom. The normalized spacial score (nSPS) is 31.1. The molecule has 3 fully saturated rings. The van der Waals surface area contributed by atoms with Gasteiger partial charge in [0.2, 0.25) is 0 Å². The van der Waals surface area contributed by atoms with Gasteiger partial charge < -0.3 is 51.2 Å². The summed E-state index contributed by atoms with van der Waals surface area (Å²) in [5.74, 6) is 0.791. The van der Waals surface area contributed by atoms with Gasteiger partial charge in [0.05, 0.1) is 81.4 Å². The Hall–Kier alpha value is -2.22. The Morgan fingerprint density at radius 3 is 2.04 bits per heavy atom. The van der Waals surface area contributed by atoms with Crippen LogP contribution in [0.2, 0.25) is 28.2 Å². The van der Waals surface area contributed by atoms with Crippen molar-refractivity contribution in [2.45, 2.75) is 263 Å². The summed E-state index contributed by atoms with van der Waals surface area (Å²) in [4.78, 5) is 11.8. The van der Waals surface area contributed by atoms with E-state index in [4.69, 9.17) is 51.2 Å². The average Bonchev–Trinajstić information content (AvgIpc) is 3.36. The summed E-state index contributed by atoms with van der Waals surface area (Å²) >= 11 is 0. The molecule has 3 saturated heterocycles. The molecule has 76 heavy (non-hydrogen) atoms. The molecule has 0 radical (unpaired) electrons. The third-order valence-electron chi connectivity index (χ3n) is 17.8. The van der Waals surface area contributed by atoms with E-state index in [1.54, 1.807) is 13.2 Å². The van der Waals surface area contributed by atoms with Crippen molar-refractivity contribution in [3.05, 3.63) is 65.8 Å². The highest BCUT2D eigenvalue weighted by Crippen LogP contribution is 2.58. The fraction of sp³-hybridized carbons (Fsp3) is 0.790. The molecule has 16 atom stereocenters. The number of benzene rings is 1. The Bertz CT molecular complexity index is 2020. The highest BCUT2D eigenvalue weighted by molar-refractivity contribution is 6.74. The number of carbonyl (C=O) groups excluding carboxylic acids is 1. The summed E-state index contributed by atoms with van der Waals surface area (Å²) in [6, 6.07) is 8.07. The summed E-state index contributed by atoms with van der Waals surface area (Å²) in [7, 11) is 1.60. The minimum Gasteiger partial charge on any atom is -0.497 e. The highest BCUT2D eigenvalue weighted by atomic mass is 28.4. The maximum atomic E-state index is 11.8. The third kappa shape index (κ3) is 16.7. The molecule has 4 aliphatic heterocycles. The minimum atomic E-state index is -2.99. The average molecular weight is 1100 g/mol. The first kappa shape index (κ1) is 64.6. The lowest BCUT2D eigenvalue weighted by Gasteiger charge is -2.59. The van der Waals surface area contributed by atoms with Crippen molar-refractivity contribution in [3.63, 3.8) is 0 Å². The number of rotatable bonds is 22. The summed E-state index contributed by atoms with van der Waals surface area (Å²) in [5.41, 5.74) is 1.93. The topological polar surface area (TPSA) is 119 Å². The lowest BCUT2D eigenvalue weighted by molar-refractivity contribution is -0.280. The van der Waals surface area contributed by atoms with E-state index in [9.17, 15) is 4.79 Å².